The summed E-state index contributed by atoms with van der Waals surface area (Å²) < 4.78 is 4.36. The monoisotopic (exact) mass is 896 g/mol. The standard InChI is InChI=1S/C27H25N3O3.C20H18N2O3.C7H9NO/c31-26(29-33-18-20-6-2-1-3-7-20)22-13-11-19(12-14-22)16-28-27(32)24-17-30-15-5-9-21-8-4-10-23(24)25(21)30;23-19(21-11-13-6-8-15(9-7-13)20(24)25)17-12-22-10-2-4-14-3-1-5-16(17)18(14)22;8-9-6-7-4-2-1-3-5-7/h1-4,6-8,10-14,17H,5,9,15-16,18H2,(H,28,32)(H,29,31);1,3,5-9,12H,2,4,10-11H2,(H,21,23)(H,24,25);1-5H,6,8H2. The van der Waals surface area contributed by atoms with E-state index >= 15 is 0 Å². The summed E-state index contributed by atoms with van der Waals surface area (Å²) in [7, 11) is 0. The second kappa shape index (κ2) is 21.9. The first kappa shape index (κ1) is 45.7. The number of carboxylic acid groups (broad SMARTS) is 1. The molecule has 0 fully saturated rings. The van der Waals surface area contributed by atoms with Crippen molar-refractivity contribution in [2.24, 2.45) is 5.90 Å². The number of carbonyl (C=O) groups excluding carboxylic acids is 3. The average molecular weight is 897 g/mol. The van der Waals surface area contributed by atoms with Crippen molar-refractivity contribution in [3.8, 4) is 0 Å². The van der Waals surface area contributed by atoms with Crippen LogP contribution in [0.3, 0.4) is 0 Å². The van der Waals surface area contributed by atoms with Crippen molar-refractivity contribution < 1.29 is 34.0 Å². The predicted octanol–water partition coefficient (Wildman–Crippen LogP) is 8.67. The summed E-state index contributed by atoms with van der Waals surface area (Å²) in [4.78, 5) is 58.4. The van der Waals surface area contributed by atoms with Crippen LogP contribution in [0.5, 0.6) is 0 Å². The molecule has 6 aromatic carbocycles. The van der Waals surface area contributed by atoms with Gasteiger partial charge in [0.2, 0.25) is 0 Å². The van der Waals surface area contributed by atoms with Gasteiger partial charge in [0.15, 0.2) is 0 Å². The first-order valence-electron chi connectivity index (χ1n) is 22.3. The Kier molecular flexibility index (Phi) is 14.9. The van der Waals surface area contributed by atoms with E-state index in [1.54, 1.807) is 36.4 Å². The zero-order chi connectivity index (χ0) is 46.5. The SMILES string of the molecule is NOCc1ccccc1.O=C(NOCc1ccccc1)c1ccc(CNC(=O)c2cn3c4c(cccc24)CCC3)cc1.O=C(O)c1ccc(CNC(=O)c2cn3c4c(cccc24)CCC3)cc1. The van der Waals surface area contributed by atoms with Crippen molar-refractivity contribution >= 4 is 45.5 Å². The van der Waals surface area contributed by atoms with Gasteiger partial charge < -0.3 is 24.9 Å². The van der Waals surface area contributed by atoms with Crippen molar-refractivity contribution in [2.75, 3.05) is 0 Å². The minimum absolute atomic E-state index is 0.0890. The molecule has 67 heavy (non-hydrogen) atoms. The molecule has 13 nitrogen and oxygen atoms in total. The summed E-state index contributed by atoms with van der Waals surface area (Å²) in [6.07, 6.45) is 8.20. The van der Waals surface area contributed by atoms with E-state index in [4.69, 9.17) is 15.8 Å². The zero-order valence-corrected chi connectivity index (χ0v) is 37.0. The van der Waals surface area contributed by atoms with Crippen LogP contribution in [0, 0.1) is 0 Å². The molecule has 10 rings (SSSR count). The van der Waals surface area contributed by atoms with E-state index < -0.39 is 5.97 Å². The molecule has 0 spiro atoms. The Hall–Kier alpha value is -7.84. The molecular weight excluding hydrogens is 845 g/mol. The van der Waals surface area contributed by atoms with Crippen LogP contribution in [0.2, 0.25) is 0 Å². The lowest BCUT2D eigenvalue weighted by atomic mass is 10.0. The van der Waals surface area contributed by atoms with Crippen LogP contribution in [0.15, 0.2) is 158 Å². The summed E-state index contributed by atoms with van der Waals surface area (Å²) in [5.41, 5.74) is 13.4. The second-order valence-corrected chi connectivity index (χ2v) is 16.4. The highest BCUT2D eigenvalue weighted by Gasteiger charge is 2.21. The fourth-order valence-electron chi connectivity index (χ4n) is 8.46. The molecule has 2 aliphatic rings. The third kappa shape index (κ3) is 11.3. The maximum absolute atomic E-state index is 12.9. The number of rotatable bonds is 13. The van der Waals surface area contributed by atoms with Crippen molar-refractivity contribution in [1.29, 1.82) is 0 Å². The van der Waals surface area contributed by atoms with Gasteiger partial charge in [0, 0.05) is 54.9 Å². The molecule has 0 aliphatic carbocycles. The van der Waals surface area contributed by atoms with E-state index in [9.17, 15) is 19.2 Å². The molecule has 340 valence electrons. The Balaban J connectivity index is 0.000000157. The molecule has 13 heteroatoms. The summed E-state index contributed by atoms with van der Waals surface area (Å²) in [5.74, 6) is 3.40. The lowest BCUT2D eigenvalue weighted by Gasteiger charge is -2.14. The molecule has 0 bridgehead atoms. The van der Waals surface area contributed by atoms with Gasteiger partial charge >= 0.3 is 5.97 Å². The fraction of sp³-hybridized carbons (Fsp3) is 0.185. The molecule has 6 N–H and O–H groups in total. The van der Waals surface area contributed by atoms with Gasteiger partial charge in [-0.05, 0) is 83.3 Å². The first-order chi connectivity index (χ1) is 32.7. The number of hydrogen-bond donors (Lipinski definition) is 5. The summed E-state index contributed by atoms with van der Waals surface area (Å²) >= 11 is 0. The Bertz CT molecular complexity index is 2980. The highest BCUT2D eigenvalue weighted by atomic mass is 16.6. The molecule has 8 aromatic rings. The number of aromatic carboxylic acids is 1. The first-order valence-corrected chi connectivity index (χ1v) is 22.3. The highest BCUT2D eigenvalue weighted by molar-refractivity contribution is 6.08. The van der Waals surface area contributed by atoms with Crippen molar-refractivity contribution in [3.05, 3.63) is 214 Å². The number of aromatic nitrogens is 2. The van der Waals surface area contributed by atoms with E-state index in [1.807, 2.05) is 109 Å². The van der Waals surface area contributed by atoms with Crippen molar-refractivity contribution in [1.82, 2.24) is 25.2 Å². The zero-order valence-electron chi connectivity index (χ0n) is 37.0. The second-order valence-electron chi connectivity index (χ2n) is 16.4. The van der Waals surface area contributed by atoms with Gasteiger partial charge in [0.05, 0.1) is 40.9 Å². The number of nitrogens with two attached hydrogens (primary N) is 1. The van der Waals surface area contributed by atoms with Crippen molar-refractivity contribution in [2.45, 2.75) is 65.1 Å². The van der Waals surface area contributed by atoms with Crippen LogP contribution >= 0.6 is 0 Å². The van der Waals surface area contributed by atoms with Gasteiger partial charge in [0.25, 0.3) is 17.7 Å². The Morgan fingerprint density at radius 3 is 1.45 bits per heavy atom. The van der Waals surface area contributed by atoms with Crippen molar-refractivity contribution in [3.63, 3.8) is 0 Å². The third-order valence-corrected chi connectivity index (χ3v) is 11.8. The molecule has 2 aliphatic heterocycles. The maximum atomic E-state index is 12.9. The number of carbonyl (C=O) groups is 4. The number of hydroxylamine groups is 1. The molecule has 0 saturated carbocycles. The largest absolute Gasteiger partial charge is 0.478 e. The van der Waals surface area contributed by atoms with Crippen LogP contribution in [0.1, 0.15) is 87.7 Å². The molecular formula is C54H52N6O7. The summed E-state index contributed by atoms with van der Waals surface area (Å²) in [6.45, 7) is 3.43. The molecule has 0 atom stereocenters. The number of carboxylic acids is 1. The summed E-state index contributed by atoms with van der Waals surface area (Å²) in [5, 5.41) is 16.9. The van der Waals surface area contributed by atoms with Gasteiger partial charge in [-0.15, -0.1) is 0 Å². The topological polar surface area (TPSA) is 179 Å². The lowest BCUT2D eigenvalue weighted by Crippen LogP contribution is -2.24. The van der Waals surface area contributed by atoms with Gasteiger partial charge in [-0.1, -0.05) is 121 Å². The normalized spacial score (nSPS) is 12.3. The number of benzene rings is 6. The van der Waals surface area contributed by atoms with Gasteiger partial charge in [-0.2, -0.15) is 0 Å². The molecule has 2 aromatic heterocycles. The predicted molar refractivity (Wildman–Crippen MR) is 257 cm³/mol. The Morgan fingerprint density at radius 2 is 0.985 bits per heavy atom. The average Bonchev–Trinajstić information content (AvgIpc) is 3.95. The third-order valence-electron chi connectivity index (χ3n) is 11.8. The number of hydrogen-bond acceptors (Lipinski definition) is 7. The smallest absolute Gasteiger partial charge is 0.335 e. The van der Waals surface area contributed by atoms with Gasteiger partial charge in [-0.3, -0.25) is 24.1 Å². The minimum atomic E-state index is -0.954. The van der Waals surface area contributed by atoms with E-state index in [0.29, 0.717) is 43.0 Å². The maximum Gasteiger partial charge on any atom is 0.335 e. The lowest BCUT2D eigenvalue weighted by molar-refractivity contribution is 0.0233. The Labute approximate surface area is 388 Å². The van der Waals surface area contributed by atoms with Crippen LogP contribution in [-0.2, 0) is 61.9 Å². The molecule has 3 amide bonds. The highest BCUT2D eigenvalue weighted by Crippen LogP contribution is 2.31. The van der Waals surface area contributed by atoms with Crippen LogP contribution in [-0.4, -0.2) is 37.9 Å². The van der Waals surface area contributed by atoms with E-state index in [2.05, 4.69) is 42.2 Å². The number of para-hydroxylation sites is 2. The number of nitrogens with zero attached hydrogens (tertiary/aromatic N) is 2. The van der Waals surface area contributed by atoms with Crippen LogP contribution < -0.4 is 22.0 Å². The molecule has 0 radical (unpaired) electrons. The van der Waals surface area contributed by atoms with Crippen LogP contribution in [0.4, 0.5) is 0 Å². The van der Waals surface area contributed by atoms with Gasteiger partial charge in [0.1, 0.15) is 0 Å². The van der Waals surface area contributed by atoms with E-state index in [1.165, 1.54) is 22.2 Å². The Morgan fingerprint density at radius 1 is 0.522 bits per heavy atom. The molecule has 0 unspecified atom stereocenters. The van der Waals surface area contributed by atoms with Gasteiger partial charge in [-0.25, -0.2) is 16.2 Å². The molecule has 0 saturated heterocycles. The summed E-state index contributed by atoms with van der Waals surface area (Å²) in [6, 6.07) is 45.4. The van der Waals surface area contributed by atoms with E-state index in [0.717, 1.165) is 71.8 Å². The molecule has 4 heterocycles. The quantitative estimate of drug-likeness (QED) is 0.0714. The fourth-order valence-corrected chi connectivity index (χ4v) is 8.46. The number of nitrogens with one attached hydrogen (secondary N) is 3. The van der Waals surface area contributed by atoms with E-state index in [-0.39, 0.29) is 23.3 Å². The van der Waals surface area contributed by atoms with Crippen LogP contribution in [0.25, 0.3) is 21.8 Å². The number of amides is 3. The minimum Gasteiger partial charge on any atom is -0.478 e. The number of aryl methyl sites for hydroxylation is 4.